The van der Waals surface area contributed by atoms with Crippen LogP contribution in [0.25, 0.3) is 6.08 Å². The molecule has 0 radical (unpaired) electrons. The molecule has 0 aliphatic rings. The lowest BCUT2D eigenvalue weighted by molar-refractivity contribution is -0.138. The van der Waals surface area contributed by atoms with Crippen LogP contribution in [0, 0.1) is 11.8 Å². The Labute approximate surface area is 114 Å². The Kier molecular flexibility index (Phi) is 5.61. The molecule has 0 aliphatic heterocycles. The monoisotopic (exact) mass is 262 g/mol. The number of aliphatic carboxylic acids is 1. The molecule has 0 spiro atoms. The van der Waals surface area contributed by atoms with E-state index in [1.165, 1.54) is 0 Å². The average molecular weight is 262 g/mol. The maximum Gasteiger partial charge on any atom is 0.371 e. The topological polar surface area (TPSA) is 46.5 Å². The molecule has 0 fully saturated rings. The molecule has 0 unspecified atom stereocenters. The van der Waals surface area contributed by atoms with Crippen molar-refractivity contribution in [3.63, 3.8) is 0 Å². The number of hydrogen-bond acceptors (Lipinski definition) is 2. The van der Waals surface area contributed by atoms with Gasteiger partial charge in [0, 0.05) is 0 Å². The second kappa shape index (κ2) is 6.98. The van der Waals surface area contributed by atoms with Crippen molar-refractivity contribution in [3.8, 4) is 0 Å². The highest BCUT2D eigenvalue weighted by molar-refractivity contribution is 5.89. The number of rotatable bonds is 6. The lowest BCUT2D eigenvalue weighted by Gasteiger charge is -2.26. The van der Waals surface area contributed by atoms with E-state index < -0.39 is 5.97 Å². The van der Waals surface area contributed by atoms with Gasteiger partial charge in [0.25, 0.3) is 0 Å². The molecular weight excluding hydrogens is 240 g/mol. The third kappa shape index (κ3) is 4.78. The zero-order valence-electron chi connectivity index (χ0n) is 12.0. The summed E-state index contributed by atoms with van der Waals surface area (Å²) in [6, 6.07) is 9.34. The first-order chi connectivity index (χ1) is 8.91. The summed E-state index contributed by atoms with van der Waals surface area (Å²) in [5.74, 6) is -0.509. The van der Waals surface area contributed by atoms with Gasteiger partial charge < -0.3 is 9.84 Å². The van der Waals surface area contributed by atoms with Crippen molar-refractivity contribution in [1.82, 2.24) is 0 Å². The molecule has 0 aliphatic carbocycles. The number of carboxylic acid groups (broad SMARTS) is 1. The van der Waals surface area contributed by atoms with Crippen molar-refractivity contribution in [2.24, 2.45) is 11.8 Å². The number of benzene rings is 1. The fourth-order valence-corrected chi connectivity index (χ4v) is 2.04. The Balaban J connectivity index is 2.96. The first-order valence-electron chi connectivity index (χ1n) is 6.58. The van der Waals surface area contributed by atoms with Gasteiger partial charge in [-0.2, -0.15) is 0 Å². The second-order valence-corrected chi connectivity index (χ2v) is 5.29. The summed E-state index contributed by atoms with van der Waals surface area (Å²) in [6.45, 7) is 8.14. The molecule has 0 saturated carbocycles. The van der Waals surface area contributed by atoms with Crippen molar-refractivity contribution in [2.75, 3.05) is 0 Å². The van der Waals surface area contributed by atoms with E-state index in [4.69, 9.17) is 4.74 Å². The Bertz CT molecular complexity index is 425. The molecule has 0 amide bonds. The van der Waals surface area contributed by atoms with Crippen LogP contribution in [-0.4, -0.2) is 17.2 Å². The third-order valence-electron chi connectivity index (χ3n) is 2.89. The van der Waals surface area contributed by atoms with E-state index in [0.717, 1.165) is 5.56 Å². The fourth-order valence-electron chi connectivity index (χ4n) is 2.04. The van der Waals surface area contributed by atoms with E-state index in [1.807, 2.05) is 58.0 Å². The molecule has 0 aromatic heterocycles. The first kappa shape index (κ1) is 15.3. The summed E-state index contributed by atoms with van der Waals surface area (Å²) in [7, 11) is 0. The largest absolute Gasteiger partial charge is 0.483 e. The van der Waals surface area contributed by atoms with Gasteiger partial charge in [-0.15, -0.1) is 0 Å². The summed E-state index contributed by atoms with van der Waals surface area (Å²) < 4.78 is 5.70. The van der Waals surface area contributed by atoms with Crippen molar-refractivity contribution < 1.29 is 14.6 Å². The molecule has 0 saturated heterocycles. The van der Waals surface area contributed by atoms with E-state index in [-0.39, 0.29) is 23.7 Å². The lowest BCUT2D eigenvalue weighted by atomic mass is 9.96. The highest BCUT2D eigenvalue weighted by atomic mass is 16.5. The van der Waals surface area contributed by atoms with Crippen molar-refractivity contribution >= 4 is 12.0 Å². The standard InChI is InChI=1S/C16H22O3/c1-11(2)15(12(3)4)19-14(16(17)18)10-13-8-6-5-7-9-13/h5-12,15H,1-4H3,(H,17,18). The molecule has 104 valence electrons. The molecule has 3 nitrogen and oxygen atoms in total. The second-order valence-electron chi connectivity index (χ2n) is 5.29. The van der Waals surface area contributed by atoms with Crippen LogP contribution in [0.5, 0.6) is 0 Å². The van der Waals surface area contributed by atoms with E-state index in [0.29, 0.717) is 0 Å². The minimum atomic E-state index is -1.03. The predicted molar refractivity (Wildman–Crippen MR) is 76.6 cm³/mol. The Hall–Kier alpha value is -1.77. The zero-order chi connectivity index (χ0) is 14.4. The number of carboxylic acids is 1. The summed E-state index contributed by atoms with van der Waals surface area (Å²) in [6.07, 6.45) is 1.46. The summed E-state index contributed by atoms with van der Waals surface area (Å²) >= 11 is 0. The zero-order valence-corrected chi connectivity index (χ0v) is 12.0. The Morgan fingerprint density at radius 3 is 2.05 bits per heavy atom. The predicted octanol–water partition coefficient (Wildman–Crippen LogP) is 3.81. The van der Waals surface area contributed by atoms with Gasteiger partial charge in [0.1, 0.15) is 6.10 Å². The van der Waals surface area contributed by atoms with Crippen LogP contribution in [0.2, 0.25) is 0 Å². The summed E-state index contributed by atoms with van der Waals surface area (Å²) in [4.78, 5) is 11.3. The lowest BCUT2D eigenvalue weighted by Crippen LogP contribution is -2.27. The molecule has 19 heavy (non-hydrogen) atoms. The minimum absolute atomic E-state index is 0.00130. The van der Waals surface area contributed by atoms with Crippen LogP contribution in [0.4, 0.5) is 0 Å². The van der Waals surface area contributed by atoms with Crippen molar-refractivity contribution in [2.45, 2.75) is 33.8 Å². The molecular formula is C16H22O3. The van der Waals surface area contributed by atoms with Gasteiger partial charge in [-0.05, 0) is 23.5 Å². The Morgan fingerprint density at radius 2 is 1.63 bits per heavy atom. The summed E-state index contributed by atoms with van der Waals surface area (Å²) in [5.41, 5.74) is 0.825. The Morgan fingerprint density at radius 1 is 1.11 bits per heavy atom. The van der Waals surface area contributed by atoms with Crippen molar-refractivity contribution in [3.05, 3.63) is 41.7 Å². The quantitative estimate of drug-likeness (QED) is 0.626. The van der Waals surface area contributed by atoms with E-state index in [9.17, 15) is 9.90 Å². The molecule has 0 bridgehead atoms. The van der Waals surface area contributed by atoms with Crippen LogP contribution in [0.15, 0.2) is 36.1 Å². The van der Waals surface area contributed by atoms with Crippen molar-refractivity contribution in [1.29, 1.82) is 0 Å². The van der Waals surface area contributed by atoms with E-state index in [2.05, 4.69) is 0 Å². The first-order valence-corrected chi connectivity index (χ1v) is 6.58. The molecule has 3 heteroatoms. The summed E-state index contributed by atoms with van der Waals surface area (Å²) in [5, 5.41) is 9.25. The van der Waals surface area contributed by atoms with Gasteiger partial charge in [-0.3, -0.25) is 0 Å². The van der Waals surface area contributed by atoms with Gasteiger partial charge in [0.2, 0.25) is 5.76 Å². The highest BCUT2D eigenvalue weighted by Gasteiger charge is 2.22. The smallest absolute Gasteiger partial charge is 0.371 e. The van der Waals surface area contributed by atoms with Crippen LogP contribution in [-0.2, 0) is 9.53 Å². The number of hydrogen-bond donors (Lipinski definition) is 1. The normalized spacial score (nSPS) is 12.3. The van der Waals surface area contributed by atoms with Crippen LogP contribution in [0.1, 0.15) is 33.3 Å². The number of ether oxygens (including phenoxy) is 1. The van der Waals surface area contributed by atoms with Gasteiger partial charge in [0.15, 0.2) is 0 Å². The van der Waals surface area contributed by atoms with Gasteiger partial charge in [-0.1, -0.05) is 58.0 Å². The van der Waals surface area contributed by atoms with E-state index in [1.54, 1.807) is 6.08 Å². The molecule has 0 heterocycles. The van der Waals surface area contributed by atoms with Gasteiger partial charge in [0.05, 0.1) is 0 Å². The molecule has 1 N–H and O–H groups in total. The maximum atomic E-state index is 11.3. The molecule has 1 rings (SSSR count). The highest BCUT2D eigenvalue weighted by Crippen LogP contribution is 2.21. The van der Waals surface area contributed by atoms with Crippen LogP contribution < -0.4 is 0 Å². The maximum absolute atomic E-state index is 11.3. The minimum Gasteiger partial charge on any atom is -0.483 e. The van der Waals surface area contributed by atoms with Gasteiger partial charge >= 0.3 is 5.97 Å². The fraction of sp³-hybridized carbons (Fsp3) is 0.438. The molecule has 1 aromatic carbocycles. The van der Waals surface area contributed by atoms with Crippen LogP contribution >= 0.6 is 0 Å². The average Bonchev–Trinajstić information content (AvgIpc) is 2.34. The van der Waals surface area contributed by atoms with Gasteiger partial charge in [-0.25, -0.2) is 4.79 Å². The SMILES string of the molecule is CC(C)C(OC(=Cc1ccccc1)C(=O)O)C(C)C. The molecule has 1 aromatic rings. The molecule has 0 atom stereocenters. The van der Waals surface area contributed by atoms with E-state index >= 15 is 0 Å². The number of carbonyl (C=O) groups is 1. The van der Waals surface area contributed by atoms with Crippen LogP contribution in [0.3, 0.4) is 0 Å². The third-order valence-corrected chi connectivity index (χ3v) is 2.89.